The predicted molar refractivity (Wildman–Crippen MR) is 349 cm³/mol. The van der Waals surface area contributed by atoms with Crippen molar-refractivity contribution in [3.05, 3.63) is 0 Å². The van der Waals surface area contributed by atoms with Crippen LogP contribution < -0.4 is 0 Å². The van der Waals surface area contributed by atoms with Crippen LogP contribution in [0.15, 0.2) is 0 Å². The van der Waals surface area contributed by atoms with E-state index in [1.54, 1.807) is 0 Å². The van der Waals surface area contributed by atoms with Gasteiger partial charge in [-0.25, -0.2) is 9.13 Å². The minimum Gasteiger partial charge on any atom is -0.462 e. The van der Waals surface area contributed by atoms with Crippen molar-refractivity contribution >= 4 is 39.5 Å². The van der Waals surface area contributed by atoms with Crippen LogP contribution in [0, 0.1) is 17.8 Å². The van der Waals surface area contributed by atoms with E-state index >= 15 is 0 Å². The summed E-state index contributed by atoms with van der Waals surface area (Å²) in [6.45, 7) is 11.7. The van der Waals surface area contributed by atoms with Crippen LogP contribution in [-0.4, -0.2) is 96.7 Å². The van der Waals surface area contributed by atoms with Gasteiger partial charge in [0.25, 0.3) is 0 Å². The molecule has 0 aliphatic rings. The number of phosphoric ester groups is 2. The Labute approximate surface area is 530 Å². The number of phosphoric acid groups is 2. The first kappa shape index (κ1) is 85.1. The Bertz CT molecular complexity index is 1720. The van der Waals surface area contributed by atoms with Gasteiger partial charge < -0.3 is 33.8 Å². The van der Waals surface area contributed by atoms with Crippen molar-refractivity contribution in [2.45, 2.75) is 356 Å². The second kappa shape index (κ2) is 59.1. The third kappa shape index (κ3) is 61.3. The van der Waals surface area contributed by atoms with Crippen molar-refractivity contribution in [2.24, 2.45) is 17.8 Å². The number of carbonyl (C=O) groups excluding carboxylic acids is 4. The van der Waals surface area contributed by atoms with Gasteiger partial charge in [-0.3, -0.25) is 37.3 Å². The zero-order chi connectivity index (χ0) is 64.5. The Balaban J connectivity index is 5.10. The molecule has 0 bridgehead atoms. The first-order chi connectivity index (χ1) is 41.8. The third-order valence-electron chi connectivity index (χ3n) is 16.0. The highest BCUT2D eigenvalue weighted by Crippen LogP contribution is 2.45. The molecule has 0 aliphatic heterocycles. The van der Waals surface area contributed by atoms with Crippen molar-refractivity contribution in [1.82, 2.24) is 0 Å². The summed E-state index contributed by atoms with van der Waals surface area (Å²) in [4.78, 5) is 72.1. The van der Waals surface area contributed by atoms with Crippen LogP contribution in [0.25, 0.3) is 0 Å². The van der Waals surface area contributed by atoms with Crippen molar-refractivity contribution in [3.63, 3.8) is 0 Å². The zero-order valence-electron chi connectivity index (χ0n) is 56.5. The Morgan fingerprint density at radius 1 is 0.333 bits per heavy atom. The van der Waals surface area contributed by atoms with Gasteiger partial charge in [0.1, 0.15) is 19.3 Å². The number of hydrogen-bond acceptors (Lipinski definition) is 15. The molecule has 0 fully saturated rings. The van der Waals surface area contributed by atoms with Gasteiger partial charge in [0.05, 0.1) is 26.4 Å². The molecule has 87 heavy (non-hydrogen) atoms. The number of aliphatic hydroxyl groups excluding tert-OH is 1. The van der Waals surface area contributed by atoms with Crippen molar-refractivity contribution < 1.29 is 80.2 Å². The smallest absolute Gasteiger partial charge is 0.462 e. The van der Waals surface area contributed by atoms with Gasteiger partial charge in [0.2, 0.25) is 0 Å². The summed E-state index contributed by atoms with van der Waals surface area (Å²) in [5.74, 6) is 0.122. The molecule has 17 nitrogen and oxygen atoms in total. The van der Waals surface area contributed by atoms with E-state index < -0.39 is 97.5 Å². The molecule has 0 heterocycles. The second-order valence-electron chi connectivity index (χ2n) is 25.8. The molecule has 0 aromatic carbocycles. The molecule has 0 rings (SSSR count). The van der Waals surface area contributed by atoms with E-state index in [2.05, 4.69) is 48.5 Å². The number of unbranched alkanes of at least 4 members (excludes halogenated alkanes) is 33. The van der Waals surface area contributed by atoms with Crippen molar-refractivity contribution in [3.8, 4) is 0 Å². The fraction of sp³-hybridized carbons (Fsp3) is 0.941. The number of ether oxygens (including phenoxy) is 4. The molecule has 6 atom stereocenters. The van der Waals surface area contributed by atoms with Crippen LogP contribution in [0.3, 0.4) is 0 Å². The second-order valence-corrected chi connectivity index (χ2v) is 28.7. The lowest BCUT2D eigenvalue weighted by Gasteiger charge is -2.21. The Morgan fingerprint density at radius 2 is 0.586 bits per heavy atom. The Morgan fingerprint density at radius 3 is 0.874 bits per heavy atom. The number of hydrogen-bond donors (Lipinski definition) is 3. The monoisotopic (exact) mass is 1280 g/mol. The highest BCUT2D eigenvalue weighted by Gasteiger charge is 2.30. The summed E-state index contributed by atoms with van der Waals surface area (Å²) >= 11 is 0. The molecule has 0 spiro atoms. The molecule has 0 saturated heterocycles. The molecule has 19 heteroatoms. The van der Waals surface area contributed by atoms with E-state index in [-0.39, 0.29) is 25.7 Å². The van der Waals surface area contributed by atoms with Crippen molar-refractivity contribution in [1.29, 1.82) is 0 Å². The summed E-state index contributed by atoms with van der Waals surface area (Å²) in [5.41, 5.74) is 0. The fourth-order valence-electron chi connectivity index (χ4n) is 10.2. The molecule has 0 radical (unpaired) electrons. The molecule has 516 valence electrons. The molecular formula is C68H132O17P2. The van der Waals surface area contributed by atoms with Crippen molar-refractivity contribution in [2.75, 3.05) is 39.6 Å². The lowest BCUT2D eigenvalue weighted by atomic mass is 9.99. The average molecular weight is 1280 g/mol. The lowest BCUT2D eigenvalue weighted by Crippen LogP contribution is -2.30. The normalized spacial score (nSPS) is 14.6. The lowest BCUT2D eigenvalue weighted by molar-refractivity contribution is -0.161. The van der Waals surface area contributed by atoms with Crippen LogP contribution in [0.4, 0.5) is 0 Å². The molecular weight excluding hydrogens is 1150 g/mol. The van der Waals surface area contributed by atoms with E-state index in [9.17, 15) is 43.2 Å². The standard InChI is InChI=1S/C68H132O17P2/c1-8-10-11-32-42-49-65(70)78-55-63(85-68(73)52-45-38-31-30-34-40-47-60(5)6)57-82-86(74,75)80-53-62(69)54-81-87(76,77)83-58-64(56-79-66(71)50-43-36-28-25-24-27-35-41-48-61(7)9-2)84-67(72)51-44-37-29-23-21-19-17-15-13-12-14-16-18-20-22-26-33-39-46-59(3)4/h59-64,69H,8-58H2,1-7H3,(H,74,75)(H,76,77)/t61?,62-,63+,64+/m0/s1. The quantitative estimate of drug-likeness (QED) is 0.0222. The van der Waals surface area contributed by atoms with Gasteiger partial charge in [-0.2, -0.15) is 0 Å². The van der Waals surface area contributed by atoms with Gasteiger partial charge >= 0.3 is 39.5 Å². The van der Waals surface area contributed by atoms with E-state index in [0.717, 1.165) is 108 Å². The minimum atomic E-state index is -4.95. The predicted octanol–water partition coefficient (Wildman–Crippen LogP) is 19.1. The van der Waals surface area contributed by atoms with Crippen LogP contribution in [0.2, 0.25) is 0 Å². The number of rotatable bonds is 66. The number of esters is 4. The first-order valence-electron chi connectivity index (χ1n) is 35.4. The topological polar surface area (TPSA) is 237 Å². The fourth-order valence-corrected chi connectivity index (χ4v) is 11.7. The van der Waals surface area contributed by atoms with Gasteiger partial charge in [0.15, 0.2) is 12.2 Å². The molecule has 0 aromatic heterocycles. The summed E-state index contributed by atoms with van der Waals surface area (Å²) < 4.78 is 67.9. The van der Waals surface area contributed by atoms with Gasteiger partial charge in [-0.1, -0.05) is 286 Å². The summed E-state index contributed by atoms with van der Waals surface area (Å²) in [5, 5.41) is 10.5. The largest absolute Gasteiger partial charge is 0.472 e. The maximum atomic E-state index is 13.0. The maximum absolute atomic E-state index is 13.0. The van der Waals surface area contributed by atoms with Gasteiger partial charge in [0, 0.05) is 25.7 Å². The molecule has 0 aromatic rings. The average Bonchev–Trinajstić information content (AvgIpc) is 3.69. The third-order valence-corrected chi connectivity index (χ3v) is 17.9. The SMILES string of the molecule is CCCCCCCC(=O)OC[C@H](COP(=O)(O)OC[C@H](O)COP(=O)(O)OC[C@@H](COC(=O)CCCCCCCCCCC(C)CC)OC(=O)CCCCCCCCCCCCCCCCCCCCC(C)C)OC(=O)CCCCCCCCC(C)C. The van der Waals surface area contributed by atoms with E-state index in [1.807, 2.05) is 0 Å². The van der Waals surface area contributed by atoms with Gasteiger partial charge in [-0.15, -0.1) is 0 Å². The van der Waals surface area contributed by atoms with E-state index in [1.165, 1.54) is 141 Å². The first-order valence-corrected chi connectivity index (χ1v) is 38.4. The summed E-state index contributed by atoms with van der Waals surface area (Å²) in [6.07, 6.45) is 42.4. The zero-order valence-corrected chi connectivity index (χ0v) is 58.3. The van der Waals surface area contributed by atoms with Crippen LogP contribution in [-0.2, 0) is 65.4 Å². The van der Waals surface area contributed by atoms with Gasteiger partial charge in [-0.05, 0) is 43.4 Å². The highest BCUT2D eigenvalue weighted by molar-refractivity contribution is 7.47. The number of aliphatic hydroxyl groups is 1. The van der Waals surface area contributed by atoms with Crippen LogP contribution in [0.1, 0.15) is 337 Å². The molecule has 0 aliphatic carbocycles. The summed E-state index contributed by atoms with van der Waals surface area (Å²) in [6, 6.07) is 0. The maximum Gasteiger partial charge on any atom is 0.472 e. The molecule has 3 unspecified atom stereocenters. The van der Waals surface area contributed by atoms with E-state index in [4.69, 9.17) is 37.0 Å². The number of carbonyl (C=O) groups is 4. The molecule has 0 amide bonds. The van der Waals surface area contributed by atoms with E-state index in [0.29, 0.717) is 31.6 Å². The Hall–Kier alpha value is -1.94. The van der Waals surface area contributed by atoms with Crippen LogP contribution in [0.5, 0.6) is 0 Å². The molecule has 3 N–H and O–H groups in total. The highest BCUT2D eigenvalue weighted by atomic mass is 31.2. The Kier molecular flexibility index (Phi) is 57.8. The minimum absolute atomic E-state index is 0.101. The summed E-state index contributed by atoms with van der Waals surface area (Å²) in [7, 11) is -9.88. The van der Waals surface area contributed by atoms with Crippen LogP contribution >= 0.6 is 15.6 Å². The molecule has 0 saturated carbocycles.